The van der Waals surface area contributed by atoms with E-state index < -0.39 is 13.0 Å². The van der Waals surface area contributed by atoms with Crippen LogP contribution in [0.3, 0.4) is 0 Å². The lowest BCUT2D eigenvalue weighted by Gasteiger charge is -2.08. The van der Waals surface area contributed by atoms with Crippen molar-refractivity contribution in [3.63, 3.8) is 0 Å². The summed E-state index contributed by atoms with van der Waals surface area (Å²) in [4.78, 5) is 28.1. The second kappa shape index (κ2) is 9.51. The first-order chi connectivity index (χ1) is 16.5. The van der Waals surface area contributed by atoms with Gasteiger partial charge in [-0.2, -0.15) is 10.1 Å². The highest BCUT2D eigenvalue weighted by atomic mass is 19.3. The Kier molecular flexibility index (Phi) is 6.12. The molecule has 1 aliphatic heterocycles. The molecule has 34 heavy (non-hydrogen) atoms. The predicted octanol–water partition coefficient (Wildman–Crippen LogP) is 3.29. The number of carbonyl (C=O) groups is 1. The molecule has 0 spiro atoms. The Morgan fingerprint density at radius 2 is 2.24 bits per heavy atom. The average molecular weight is 469 g/mol. The summed E-state index contributed by atoms with van der Waals surface area (Å²) in [7, 11) is 0. The van der Waals surface area contributed by atoms with Gasteiger partial charge in [0.2, 0.25) is 0 Å². The van der Waals surface area contributed by atoms with Crippen molar-refractivity contribution in [1.82, 2.24) is 29.7 Å². The lowest BCUT2D eigenvalue weighted by Crippen LogP contribution is -2.15. The first-order valence-corrected chi connectivity index (χ1v) is 10.7. The van der Waals surface area contributed by atoms with Crippen LogP contribution in [0.2, 0.25) is 0 Å². The molecular weight excluding hydrogens is 448 g/mol. The summed E-state index contributed by atoms with van der Waals surface area (Å²) in [6.45, 7) is 0.593. The van der Waals surface area contributed by atoms with Crippen LogP contribution in [-0.4, -0.2) is 61.4 Å². The van der Waals surface area contributed by atoms with Crippen molar-refractivity contribution in [2.24, 2.45) is 0 Å². The highest BCUT2D eigenvalue weighted by Crippen LogP contribution is 2.25. The minimum absolute atomic E-state index is 0.129. The van der Waals surface area contributed by atoms with Crippen molar-refractivity contribution in [2.75, 3.05) is 18.5 Å². The molecule has 1 fully saturated rings. The predicted molar refractivity (Wildman–Crippen MR) is 118 cm³/mol. The van der Waals surface area contributed by atoms with Crippen LogP contribution in [0, 0.1) is 0 Å². The number of rotatable bonds is 8. The van der Waals surface area contributed by atoms with Crippen LogP contribution >= 0.6 is 0 Å². The van der Waals surface area contributed by atoms with Crippen molar-refractivity contribution in [3.8, 4) is 17.4 Å². The highest BCUT2D eigenvalue weighted by Gasteiger charge is 2.18. The quantitative estimate of drug-likeness (QED) is 0.406. The van der Waals surface area contributed by atoms with E-state index in [9.17, 15) is 13.6 Å². The molecule has 1 atom stereocenters. The van der Waals surface area contributed by atoms with Crippen LogP contribution in [0.5, 0.6) is 6.01 Å². The summed E-state index contributed by atoms with van der Waals surface area (Å²) in [5.41, 5.74) is 2.23. The number of hydrogen-bond donors (Lipinski definition) is 2. The van der Waals surface area contributed by atoms with E-state index in [-0.39, 0.29) is 18.0 Å². The number of H-pyrrole nitrogens is 1. The molecular formula is C22H21F2N7O3. The maximum atomic E-state index is 12.6. The molecule has 0 saturated carbocycles. The fourth-order valence-corrected chi connectivity index (χ4v) is 3.70. The Hall–Kier alpha value is -3.93. The molecule has 5 heterocycles. The number of aromatic nitrogens is 6. The fraction of sp³-hybridized carbons (Fsp3) is 0.318. The van der Waals surface area contributed by atoms with Gasteiger partial charge in [-0.3, -0.25) is 9.48 Å². The number of halogens is 2. The smallest absolute Gasteiger partial charge is 0.317 e. The van der Waals surface area contributed by atoms with Gasteiger partial charge in [0.05, 0.1) is 41.3 Å². The van der Waals surface area contributed by atoms with E-state index in [1.807, 2.05) is 6.07 Å². The topological polar surface area (TPSA) is 120 Å². The zero-order valence-corrected chi connectivity index (χ0v) is 17.9. The van der Waals surface area contributed by atoms with Crippen molar-refractivity contribution in [1.29, 1.82) is 0 Å². The number of alkyl halides is 2. The number of amides is 1. The standard InChI is InChI=1S/C22H21F2N7O3/c23-19(24)12-34-22-25-4-3-16(29-22)18-6-13-8-26-20(7-17(13)28-18)30-21(32)14-9-27-31(10-14)11-15-2-1-5-33-15/h3-4,6-10,15,19,28H,1-2,5,11-12H2,(H,26,30,32)/t15-/m0/s1. The summed E-state index contributed by atoms with van der Waals surface area (Å²) in [5, 5.41) is 7.80. The number of ether oxygens (including phenoxy) is 2. The highest BCUT2D eigenvalue weighted by molar-refractivity contribution is 6.04. The van der Waals surface area contributed by atoms with Crippen molar-refractivity contribution in [2.45, 2.75) is 31.9 Å². The van der Waals surface area contributed by atoms with Gasteiger partial charge in [0.25, 0.3) is 12.3 Å². The molecule has 12 heteroatoms. The fourth-order valence-electron chi connectivity index (χ4n) is 3.70. The molecule has 0 aromatic carbocycles. The Morgan fingerprint density at radius 1 is 1.32 bits per heavy atom. The molecule has 4 aromatic heterocycles. The largest absolute Gasteiger partial charge is 0.457 e. The van der Waals surface area contributed by atoms with E-state index in [4.69, 9.17) is 9.47 Å². The van der Waals surface area contributed by atoms with Crippen molar-refractivity contribution in [3.05, 3.63) is 48.5 Å². The van der Waals surface area contributed by atoms with Gasteiger partial charge in [-0.25, -0.2) is 18.7 Å². The Bertz CT molecular complexity index is 1300. The monoisotopic (exact) mass is 469 g/mol. The lowest BCUT2D eigenvalue weighted by molar-refractivity contribution is 0.0770. The second-order valence-corrected chi connectivity index (χ2v) is 7.81. The van der Waals surface area contributed by atoms with E-state index in [1.54, 1.807) is 29.2 Å². The SMILES string of the molecule is O=C(Nc1cc2[nH]c(-c3ccnc(OCC(F)F)n3)cc2cn1)c1cnn(C[C@@H]2CCCO2)c1. The van der Waals surface area contributed by atoms with Gasteiger partial charge in [0.1, 0.15) is 5.82 Å². The third kappa shape index (κ3) is 5.01. The number of pyridine rings is 1. The normalized spacial score (nSPS) is 15.8. The van der Waals surface area contributed by atoms with Gasteiger partial charge in [-0.15, -0.1) is 0 Å². The first kappa shape index (κ1) is 21.9. The summed E-state index contributed by atoms with van der Waals surface area (Å²) in [6.07, 6.45) is 5.78. The third-order valence-electron chi connectivity index (χ3n) is 5.30. The lowest BCUT2D eigenvalue weighted by atomic mass is 10.2. The molecule has 0 bridgehead atoms. The van der Waals surface area contributed by atoms with E-state index >= 15 is 0 Å². The van der Waals surface area contributed by atoms with Crippen LogP contribution in [0.1, 0.15) is 23.2 Å². The van der Waals surface area contributed by atoms with Crippen LogP contribution < -0.4 is 10.1 Å². The zero-order chi connectivity index (χ0) is 23.5. The van der Waals surface area contributed by atoms with Gasteiger partial charge in [0, 0.05) is 36.7 Å². The number of nitrogens with zero attached hydrogens (tertiary/aromatic N) is 5. The second-order valence-electron chi connectivity index (χ2n) is 7.81. The van der Waals surface area contributed by atoms with Gasteiger partial charge in [-0.1, -0.05) is 0 Å². The Labute approximate surface area is 192 Å². The number of carbonyl (C=O) groups excluding carboxylic acids is 1. The van der Waals surface area contributed by atoms with Gasteiger partial charge >= 0.3 is 6.01 Å². The van der Waals surface area contributed by atoms with Crippen LogP contribution in [0.15, 0.2) is 43.0 Å². The average Bonchev–Trinajstić information content (AvgIpc) is 3.59. The number of fused-ring (bicyclic) bond motifs is 1. The van der Waals surface area contributed by atoms with Gasteiger partial charge in [-0.05, 0) is 25.0 Å². The maximum absolute atomic E-state index is 12.6. The van der Waals surface area contributed by atoms with Crippen LogP contribution in [0.25, 0.3) is 22.3 Å². The molecule has 1 amide bonds. The van der Waals surface area contributed by atoms with Crippen molar-refractivity contribution >= 4 is 22.6 Å². The third-order valence-corrected chi connectivity index (χ3v) is 5.30. The van der Waals surface area contributed by atoms with E-state index in [0.29, 0.717) is 34.8 Å². The summed E-state index contributed by atoms with van der Waals surface area (Å²) < 4.78 is 36.9. The minimum atomic E-state index is -2.62. The number of nitrogens with one attached hydrogen (secondary N) is 2. The summed E-state index contributed by atoms with van der Waals surface area (Å²) in [6, 6.07) is 5.00. The number of aromatic amines is 1. The van der Waals surface area contributed by atoms with Crippen LogP contribution in [0.4, 0.5) is 14.6 Å². The zero-order valence-electron chi connectivity index (χ0n) is 17.9. The minimum Gasteiger partial charge on any atom is -0.457 e. The molecule has 0 radical (unpaired) electrons. The summed E-state index contributed by atoms with van der Waals surface area (Å²) in [5.74, 6) is 0.0373. The Morgan fingerprint density at radius 3 is 3.06 bits per heavy atom. The maximum Gasteiger partial charge on any atom is 0.317 e. The van der Waals surface area contributed by atoms with Crippen molar-refractivity contribution < 1.29 is 23.0 Å². The number of anilines is 1. The summed E-state index contributed by atoms with van der Waals surface area (Å²) >= 11 is 0. The molecule has 1 aliphatic rings. The molecule has 4 aromatic rings. The Balaban J connectivity index is 1.28. The molecule has 0 unspecified atom stereocenters. The van der Waals surface area contributed by atoms with Crippen LogP contribution in [-0.2, 0) is 11.3 Å². The van der Waals surface area contributed by atoms with E-state index in [1.165, 1.54) is 12.4 Å². The van der Waals surface area contributed by atoms with Gasteiger partial charge < -0.3 is 19.8 Å². The van der Waals surface area contributed by atoms with Gasteiger partial charge in [0.15, 0.2) is 6.61 Å². The van der Waals surface area contributed by atoms with E-state index in [0.717, 1.165) is 24.8 Å². The first-order valence-electron chi connectivity index (χ1n) is 10.7. The molecule has 10 nitrogen and oxygen atoms in total. The molecule has 2 N–H and O–H groups in total. The molecule has 0 aliphatic carbocycles. The van der Waals surface area contributed by atoms with E-state index in [2.05, 4.69) is 30.4 Å². The molecule has 5 rings (SSSR count). The molecule has 1 saturated heterocycles. The number of hydrogen-bond acceptors (Lipinski definition) is 7. The molecule has 176 valence electrons.